The molecule has 0 aliphatic carbocycles. The zero-order valence-electron chi connectivity index (χ0n) is 14.1. The summed E-state index contributed by atoms with van der Waals surface area (Å²) in [7, 11) is 1.57. The predicted octanol–water partition coefficient (Wildman–Crippen LogP) is 3.10. The maximum atomic E-state index is 12.6. The summed E-state index contributed by atoms with van der Waals surface area (Å²) < 4.78 is 5.10. The number of amides is 2. The van der Waals surface area contributed by atoms with Gasteiger partial charge in [-0.2, -0.15) is 0 Å². The van der Waals surface area contributed by atoms with Crippen LogP contribution in [0.2, 0.25) is 0 Å². The molecule has 1 unspecified atom stereocenters. The van der Waals surface area contributed by atoms with Gasteiger partial charge < -0.3 is 9.72 Å². The van der Waals surface area contributed by atoms with Crippen molar-refractivity contribution in [1.29, 1.82) is 0 Å². The number of carbonyl (C=O) groups is 2. The second-order valence-electron chi connectivity index (χ2n) is 5.89. The van der Waals surface area contributed by atoms with Crippen molar-refractivity contribution < 1.29 is 14.3 Å². The Balaban J connectivity index is 1.59. The van der Waals surface area contributed by atoms with E-state index in [2.05, 4.69) is 10.4 Å². The van der Waals surface area contributed by atoms with Crippen LogP contribution in [0.3, 0.4) is 0 Å². The van der Waals surface area contributed by atoms with Gasteiger partial charge in [-0.05, 0) is 30.3 Å². The minimum Gasteiger partial charge on any atom is -0.497 e. The molecule has 1 atom stereocenters. The number of aromatic nitrogens is 1. The number of hydrazine groups is 1. The van der Waals surface area contributed by atoms with Crippen molar-refractivity contribution in [2.24, 2.45) is 0 Å². The number of hydrogen-bond acceptors (Lipinski definition) is 4. The molecule has 7 heteroatoms. The minimum absolute atomic E-state index is 0.118. The van der Waals surface area contributed by atoms with Gasteiger partial charge in [0.1, 0.15) is 11.1 Å². The maximum absolute atomic E-state index is 12.6. The van der Waals surface area contributed by atoms with Gasteiger partial charge in [0, 0.05) is 28.2 Å². The third-order valence-electron chi connectivity index (χ3n) is 4.33. The smallest absolute Gasteiger partial charge is 0.269 e. The fourth-order valence-electron chi connectivity index (χ4n) is 2.99. The number of nitrogens with zero attached hydrogens (tertiary/aromatic N) is 1. The summed E-state index contributed by atoms with van der Waals surface area (Å²) in [5, 5.41) is 2.21. The van der Waals surface area contributed by atoms with Crippen molar-refractivity contribution >= 4 is 34.5 Å². The number of carbonyl (C=O) groups excluding carboxylic acids is 2. The van der Waals surface area contributed by atoms with E-state index in [1.165, 1.54) is 16.8 Å². The van der Waals surface area contributed by atoms with E-state index in [0.717, 1.165) is 16.5 Å². The topological polar surface area (TPSA) is 74.4 Å². The second kappa shape index (κ2) is 6.76. The molecule has 2 N–H and O–H groups in total. The summed E-state index contributed by atoms with van der Waals surface area (Å²) >= 11 is 1.50. The zero-order chi connectivity index (χ0) is 18.1. The Morgan fingerprint density at radius 1 is 1.23 bits per heavy atom. The molecule has 3 aromatic rings. The van der Waals surface area contributed by atoms with Gasteiger partial charge >= 0.3 is 0 Å². The van der Waals surface area contributed by atoms with Crippen LogP contribution in [-0.4, -0.2) is 34.7 Å². The van der Waals surface area contributed by atoms with E-state index >= 15 is 0 Å². The van der Waals surface area contributed by atoms with Crippen molar-refractivity contribution in [1.82, 2.24) is 15.4 Å². The fourth-order valence-corrected chi connectivity index (χ4v) is 4.12. The highest BCUT2D eigenvalue weighted by Crippen LogP contribution is 2.40. The van der Waals surface area contributed by atoms with Crippen molar-refractivity contribution in [2.75, 3.05) is 12.9 Å². The highest BCUT2D eigenvalue weighted by Gasteiger charge is 2.35. The number of ether oxygens (including phenoxy) is 1. The molecule has 2 amide bonds. The lowest BCUT2D eigenvalue weighted by molar-refractivity contribution is -0.130. The normalized spacial score (nSPS) is 16.9. The first-order valence-electron chi connectivity index (χ1n) is 8.12. The van der Waals surface area contributed by atoms with E-state index < -0.39 is 0 Å². The van der Waals surface area contributed by atoms with Gasteiger partial charge in [0.2, 0.25) is 0 Å². The molecule has 1 aliphatic heterocycles. The maximum Gasteiger partial charge on any atom is 0.269 e. The molecule has 2 heterocycles. The summed E-state index contributed by atoms with van der Waals surface area (Å²) in [6, 6.07) is 14.7. The molecular formula is C19H17N3O3S. The second-order valence-corrected chi connectivity index (χ2v) is 6.95. The van der Waals surface area contributed by atoms with Gasteiger partial charge in [-0.1, -0.05) is 18.2 Å². The molecule has 1 saturated heterocycles. The van der Waals surface area contributed by atoms with Gasteiger partial charge in [-0.3, -0.25) is 15.0 Å². The Hall–Kier alpha value is -2.93. The SMILES string of the molecule is COc1ccc(C(=O)NN2C(=O)CSC2c2c[nH]c3ccccc23)cc1. The highest BCUT2D eigenvalue weighted by atomic mass is 32.2. The Labute approximate surface area is 154 Å². The largest absolute Gasteiger partial charge is 0.497 e. The highest BCUT2D eigenvalue weighted by molar-refractivity contribution is 8.00. The van der Waals surface area contributed by atoms with Gasteiger partial charge in [0.05, 0.1) is 12.9 Å². The van der Waals surface area contributed by atoms with Crippen LogP contribution in [-0.2, 0) is 4.79 Å². The molecule has 1 aliphatic rings. The lowest BCUT2D eigenvalue weighted by Crippen LogP contribution is -2.44. The van der Waals surface area contributed by atoms with E-state index in [-0.39, 0.29) is 17.2 Å². The quantitative estimate of drug-likeness (QED) is 0.743. The molecule has 26 heavy (non-hydrogen) atoms. The third-order valence-corrected chi connectivity index (χ3v) is 5.52. The molecule has 1 fully saturated rings. The van der Waals surface area contributed by atoms with Gasteiger partial charge in [0.15, 0.2) is 0 Å². The summed E-state index contributed by atoms with van der Waals surface area (Å²) in [5.41, 5.74) is 5.20. The van der Waals surface area contributed by atoms with Crippen LogP contribution in [0, 0.1) is 0 Å². The number of benzene rings is 2. The van der Waals surface area contributed by atoms with Crippen LogP contribution < -0.4 is 10.2 Å². The van der Waals surface area contributed by atoms with E-state index in [9.17, 15) is 9.59 Å². The lowest BCUT2D eigenvalue weighted by atomic mass is 10.1. The number of aromatic amines is 1. The number of thioether (sulfide) groups is 1. The number of hydrogen-bond donors (Lipinski definition) is 2. The van der Waals surface area contributed by atoms with E-state index in [0.29, 0.717) is 17.1 Å². The molecule has 1 aromatic heterocycles. The van der Waals surface area contributed by atoms with Gasteiger partial charge in [-0.15, -0.1) is 11.8 Å². The van der Waals surface area contributed by atoms with Crippen LogP contribution in [0.1, 0.15) is 21.3 Å². The predicted molar refractivity (Wildman–Crippen MR) is 101 cm³/mol. The van der Waals surface area contributed by atoms with Crippen molar-refractivity contribution in [2.45, 2.75) is 5.37 Å². The molecular weight excluding hydrogens is 350 g/mol. The minimum atomic E-state index is -0.326. The number of H-pyrrole nitrogens is 1. The molecule has 132 valence electrons. The van der Waals surface area contributed by atoms with Gasteiger partial charge in [0.25, 0.3) is 11.8 Å². The first-order valence-corrected chi connectivity index (χ1v) is 9.17. The van der Waals surface area contributed by atoms with Crippen LogP contribution in [0.15, 0.2) is 54.7 Å². The molecule has 0 radical (unpaired) electrons. The zero-order valence-corrected chi connectivity index (χ0v) is 14.9. The standard InChI is InChI=1S/C19H17N3O3S/c1-25-13-8-6-12(7-9-13)18(24)21-22-17(23)11-26-19(22)15-10-20-16-5-3-2-4-14(15)16/h2-10,19-20H,11H2,1H3,(H,21,24). The van der Waals surface area contributed by atoms with Crippen LogP contribution in [0.5, 0.6) is 5.75 Å². The summed E-state index contributed by atoms with van der Waals surface area (Å²) in [6.07, 6.45) is 1.90. The average Bonchev–Trinajstić information content (AvgIpc) is 3.25. The molecule has 0 spiro atoms. The Morgan fingerprint density at radius 3 is 2.77 bits per heavy atom. The number of rotatable bonds is 4. The Morgan fingerprint density at radius 2 is 2.00 bits per heavy atom. The van der Waals surface area contributed by atoms with Crippen LogP contribution in [0.4, 0.5) is 0 Å². The molecule has 6 nitrogen and oxygen atoms in total. The number of fused-ring (bicyclic) bond motifs is 1. The number of para-hydroxylation sites is 1. The fraction of sp³-hybridized carbons (Fsp3) is 0.158. The van der Waals surface area contributed by atoms with Crippen LogP contribution >= 0.6 is 11.8 Å². The first kappa shape index (κ1) is 16.5. The third kappa shape index (κ3) is 2.90. The van der Waals surface area contributed by atoms with E-state index in [4.69, 9.17) is 4.74 Å². The lowest BCUT2D eigenvalue weighted by Gasteiger charge is -2.24. The Kier molecular flexibility index (Phi) is 4.30. The average molecular weight is 367 g/mol. The van der Waals surface area contributed by atoms with Gasteiger partial charge in [-0.25, -0.2) is 5.01 Å². The van der Waals surface area contributed by atoms with Crippen molar-refractivity contribution in [3.8, 4) is 5.75 Å². The van der Waals surface area contributed by atoms with Crippen molar-refractivity contribution in [3.05, 3.63) is 65.9 Å². The van der Waals surface area contributed by atoms with Crippen molar-refractivity contribution in [3.63, 3.8) is 0 Å². The summed E-state index contributed by atoms with van der Waals surface area (Å²) in [5.74, 6) is 0.555. The molecule has 0 saturated carbocycles. The van der Waals surface area contributed by atoms with Crippen LogP contribution in [0.25, 0.3) is 10.9 Å². The summed E-state index contributed by atoms with van der Waals surface area (Å²) in [4.78, 5) is 28.1. The monoisotopic (exact) mass is 367 g/mol. The van der Waals surface area contributed by atoms with E-state index in [1.807, 2.05) is 30.5 Å². The number of methoxy groups -OCH3 is 1. The Bertz CT molecular complexity index is 968. The molecule has 4 rings (SSSR count). The summed E-state index contributed by atoms with van der Waals surface area (Å²) in [6.45, 7) is 0. The first-order chi connectivity index (χ1) is 12.7. The molecule has 2 aromatic carbocycles. The van der Waals surface area contributed by atoms with E-state index in [1.54, 1.807) is 31.4 Å². The number of nitrogens with one attached hydrogen (secondary N) is 2. The molecule has 0 bridgehead atoms.